The molecule has 6 nitrogen and oxygen atoms in total. The minimum atomic E-state index is 0.507. The van der Waals surface area contributed by atoms with Crippen molar-refractivity contribution in [1.29, 1.82) is 0 Å². The topological polar surface area (TPSA) is 61.4 Å². The van der Waals surface area contributed by atoms with Crippen molar-refractivity contribution in [3.8, 4) is 17.1 Å². The Morgan fingerprint density at radius 3 is 2.44 bits per heavy atom. The Balaban J connectivity index is 1.62. The number of hydrogen-bond donors (Lipinski definition) is 1. The van der Waals surface area contributed by atoms with Crippen LogP contribution in [0.25, 0.3) is 17.1 Å². The molecule has 2 heterocycles. The van der Waals surface area contributed by atoms with E-state index in [4.69, 9.17) is 0 Å². The summed E-state index contributed by atoms with van der Waals surface area (Å²) in [5, 5.41) is 18.0. The Kier molecular flexibility index (Phi) is 4.84. The van der Waals surface area contributed by atoms with E-state index in [0.717, 1.165) is 21.3 Å². The maximum atomic E-state index is 4.65. The first-order valence-corrected chi connectivity index (χ1v) is 9.62. The molecule has 4 rings (SSSR count). The summed E-state index contributed by atoms with van der Waals surface area (Å²) < 4.78 is 2.82. The van der Waals surface area contributed by atoms with E-state index in [-0.39, 0.29) is 0 Å². The van der Waals surface area contributed by atoms with Gasteiger partial charge in [-0.15, -0.1) is 22.8 Å². The third-order valence-electron chi connectivity index (χ3n) is 4.13. The average Bonchev–Trinajstić information content (AvgIpc) is 3.22. The monoisotopic (exact) mass is 440 g/mol. The van der Waals surface area contributed by atoms with E-state index in [9.17, 15) is 0 Å². The zero-order valence-corrected chi connectivity index (χ0v) is 17.3. The van der Waals surface area contributed by atoms with Gasteiger partial charge in [-0.1, -0.05) is 34.1 Å². The van der Waals surface area contributed by atoms with Crippen molar-refractivity contribution >= 4 is 28.6 Å². The first-order chi connectivity index (χ1) is 13.0. The molecule has 0 unspecified atom stereocenters. The van der Waals surface area contributed by atoms with E-state index in [1.54, 1.807) is 15.7 Å². The molecule has 0 saturated heterocycles. The molecule has 8 heteroatoms. The molecule has 0 bridgehead atoms. The Labute approximate surface area is 170 Å². The molecule has 0 amide bonds. The van der Waals surface area contributed by atoms with Crippen LogP contribution in [-0.4, -0.2) is 30.0 Å². The van der Waals surface area contributed by atoms with E-state index in [1.165, 1.54) is 11.1 Å². The highest BCUT2D eigenvalue weighted by Crippen LogP contribution is 2.26. The van der Waals surface area contributed by atoms with Crippen molar-refractivity contribution < 1.29 is 0 Å². The van der Waals surface area contributed by atoms with Gasteiger partial charge in [-0.2, -0.15) is 9.90 Å². The molecule has 0 radical (unpaired) electrons. The number of nitrogens with zero attached hydrogens (tertiary/aromatic N) is 6. The van der Waals surface area contributed by atoms with Crippen LogP contribution in [-0.2, 0) is 6.54 Å². The van der Waals surface area contributed by atoms with Crippen molar-refractivity contribution in [2.45, 2.75) is 25.4 Å². The molecular weight excluding hydrogens is 424 g/mol. The molecule has 4 aromatic rings. The smallest absolute Gasteiger partial charge is 0.209 e. The number of hydrogen-bond acceptors (Lipinski definition) is 5. The molecule has 0 aliphatic carbocycles. The maximum Gasteiger partial charge on any atom is 0.209 e. The summed E-state index contributed by atoms with van der Waals surface area (Å²) in [5.41, 5.74) is 5.16. The second kappa shape index (κ2) is 7.28. The fraction of sp³-hybridized carbons (Fsp3) is 0.158. The molecule has 136 valence electrons. The summed E-state index contributed by atoms with van der Waals surface area (Å²) in [6, 6.07) is 14.3. The lowest BCUT2D eigenvalue weighted by Crippen LogP contribution is -2.03. The van der Waals surface area contributed by atoms with E-state index in [2.05, 4.69) is 81.1 Å². The highest BCUT2D eigenvalue weighted by atomic mass is 79.9. The highest BCUT2D eigenvalue weighted by Gasteiger charge is 2.16. The summed E-state index contributed by atoms with van der Waals surface area (Å²) >= 11 is 8.09. The lowest BCUT2D eigenvalue weighted by molar-refractivity contribution is 0.573. The zero-order chi connectivity index (χ0) is 19.0. The molecule has 0 spiro atoms. The van der Waals surface area contributed by atoms with Gasteiger partial charge in [0.25, 0.3) is 0 Å². The molecule has 0 saturated carbocycles. The van der Waals surface area contributed by atoms with Gasteiger partial charge in [-0.25, -0.2) is 4.68 Å². The fourth-order valence-electron chi connectivity index (χ4n) is 2.93. The first-order valence-electron chi connectivity index (χ1n) is 8.38. The van der Waals surface area contributed by atoms with Crippen LogP contribution >= 0.6 is 28.6 Å². The van der Waals surface area contributed by atoms with Crippen LogP contribution in [0.15, 0.2) is 58.2 Å². The predicted octanol–water partition coefficient (Wildman–Crippen LogP) is 4.24. The van der Waals surface area contributed by atoms with E-state index in [0.29, 0.717) is 17.4 Å². The number of tetrazole rings is 1. The molecule has 27 heavy (non-hydrogen) atoms. The minimum absolute atomic E-state index is 0.507. The van der Waals surface area contributed by atoms with Crippen molar-refractivity contribution in [3.05, 3.63) is 69.8 Å². The van der Waals surface area contributed by atoms with Crippen molar-refractivity contribution in [3.63, 3.8) is 0 Å². The summed E-state index contributed by atoms with van der Waals surface area (Å²) in [6.07, 6.45) is 1.72. The largest absolute Gasteiger partial charge is 0.227 e. The van der Waals surface area contributed by atoms with E-state index < -0.39 is 0 Å². The number of benzene rings is 2. The van der Waals surface area contributed by atoms with Gasteiger partial charge in [0.15, 0.2) is 0 Å². The summed E-state index contributed by atoms with van der Waals surface area (Å²) in [5.74, 6) is 0.507. The molecule has 0 atom stereocenters. The molecule has 0 aliphatic rings. The number of aromatic nitrogens is 6. The van der Waals surface area contributed by atoms with Gasteiger partial charge in [-0.3, -0.25) is 0 Å². The van der Waals surface area contributed by atoms with E-state index >= 15 is 0 Å². The van der Waals surface area contributed by atoms with Gasteiger partial charge in [0.05, 0.1) is 24.0 Å². The quantitative estimate of drug-likeness (QED) is 0.482. The normalized spacial score (nSPS) is 11.1. The molecule has 0 N–H and O–H groups in total. The maximum absolute atomic E-state index is 4.65. The second-order valence-corrected chi connectivity index (χ2v) is 7.75. The van der Waals surface area contributed by atoms with Gasteiger partial charge in [0.2, 0.25) is 5.82 Å². The third-order valence-corrected chi connectivity index (χ3v) is 5.08. The molecule has 2 aromatic carbocycles. The van der Waals surface area contributed by atoms with Gasteiger partial charge >= 0.3 is 0 Å². The van der Waals surface area contributed by atoms with Crippen LogP contribution in [0.2, 0.25) is 0 Å². The zero-order valence-electron chi connectivity index (χ0n) is 14.8. The second-order valence-electron chi connectivity index (χ2n) is 6.41. The van der Waals surface area contributed by atoms with Crippen LogP contribution in [0.5, 0.6) is 0 Å². The molecular formula is C19H17BrN6S. The molecule has 0 fully saturated rings. The van der Waals surface area contributed by atoms with Gasteiger partial charge in [-0.05, 0) is 60.0 Å². The Morgan fingerprint density at radius 1 is 1.04 bits per heavy atom. The van der Waals surface area contributed by atoms with Gasteiger partial charge in [0, 0.05) is 4.47 Å². The minimum Gasteiger partial charge on any atom is -0.227 e. The van der Waals surface area contributed by atoms with Gasteiger partial charge in [0.1, 0.15) is 5.03 Å². The Morgan fingerprint density at radius 2 is 1.74 bits per heavy atom. The summed E-state index contributed by atoms with van der Waals surface area (Å²) in [4.78, 5) is 1.57. The lowest BCUT2D eigenvalue weighted by atomic mass is 10.1. The third kappa shape index (κ3) is 3.81. The summed E-state index contributed by atoms with van der Waals surface area (Å²) in [7, 11) is 0. The predicted molar refractivity (Wildman–Crippen MR) is 110 cm³/mol. The average molecular weight is 441 g/mol. The Bertz CT molecular complexity index is 1080. The van der Waals surface area contributed by atoms with Crippen LogP contribution in [0.4, 0.5) is 0 Å². The number of thiol groups is 1. The van der Waals surface area contributed by atoms with Crippen molar-refractivity contribution in [2.75, 3.05) is 0 Å². The Hall–Kier alpha value is -2.45. The van der Waals surface area contributed by atoms with Crippen LogP contribution < -0.4 is 0 Å². The lowest BCUT2D eigenvalue weighted by Gasteiger charge is -2.07. The van der Waals surface area contributed by atoms with Crippen LogP contribution in [0.3, 0.4) is 0 Å². The van der Waals surface area contributed by atoms with Crippen LogP contribution in [0, 0.1) is 13.8 Å². The molecule has 0 aliphatic heterocycles. The van der Waals surface area contributed by atoms with Crippen molar-refractivity contribution in [2.24, 2.45) is 0 Å². The SMILES string of the molecule is Cc1cc(C)cc(-n2ncc(-c3nnn(Cc4ccc(Br)cc4)n3)c2S)c1. The summed E-state index contributed by atoms with van der Waals surface area (Å²) in [6.45, 7) is 4.68. The first kappa shape index (κ1) is 17.9. The standard InChI is InChI=1S/C19H17BrN6S/c1-12-7-13(2)9-16(8-12)26-19(27)17(10-21-26)18-22-24-25(23-18)11-14-3-5-15(20)6-4-14/h3-10,27H,11H2,1-2H3. The van der Waals surface area contributed by atoms with E-state index in [1.807, 2.05) is 24.3 Å². The van der Waals surface area contributed by atoms with Crippen LogP contribution in [0.1, 0.15) is 16.7 Å². The number of rotatable bonds is 4. The van der Waals surface area contributed by atoms with Gasteiger partial charge < -0.3 is 0 Å². The number of aryl methyl sites for hydroxylation is 2. The molecule has 2 aromatic heterocycles. The van der Waals surface area contributed by atoms with Crippen molar-refractivity contribution in [1.82, 2.24) is 30.0 Å². The fourth-order valence-corrected chi connectivity index (χ4v) is 3.52. The highest BCUT2D eigenvalue weighted by molar-refractivity contribution is 9.10. The number of halogens is 1.